The Morgan fingerprint density at radius 1 is 0.761 bits per heavy atom. The second-order valence-electron chi connectivity index (χ2n) is 34.4. The number of nitrogens with one attached hydrogen (secondary N) is 10. The highest BCUT2D eigenvalue weighted by atomic mass is 33.1. The molecule has 21 atom stereocenters. The van der Waals surface area contributed by atoms with Crippen molar-refractivity contribution in [2.45, 2.75) is 199 Å². The Morgan fingerprint density at radius 3 is 2.07 bits per heavy atom. The van der Waals surface area contributed by atoms with Crippen molar-refractivity contribution in [2.75, 3.05) is 101 Å². The monoisotopic (exact) mass is 1910 g/mol. The number of aliphatic hydroxyl groups is 11. The number of methoxy groups -OCH3 is 2. The van der Waals surface area contributed by atoms with E-state index in [1.807, 2.05) is 62.4 Å². The van der Waals surface area contributed by atoms with Crippen LogP contribution in [0, 0.1) is 11.3 Å². The number of aliphatic carboxylic acids is 3. The van der Waals surface area contributed by atoms with Crippen molar-refractivity contribution >= 4 is 126 Å². The number of carboxylic acids is 3. The predicted molar refractivity (Wildman–Crippen MR) is 480 cm³/mol. The fourth-order valence-corrected chi connectivity index (χ4v) is 21.6. The lowest BCUT2D eigenvalue weighted by Crippen LogP contribution is -2.82. The van der Waals surface area contributed by atoms with Crippen molar-refractivity contribution in [2.24, 2.45) is 11.3 Å². The lowest BCUT2D eigenvalue weighted by atomic mass is 9.47. The number of rotatable bonds is 38. The van der Waals surface area contributed by atoms with Gasteiger partial charge in [-0.15, -0.1) is 0 Å². The van der Waals surface area contributed by atoms with E-state index in [9.17, 15) is 109 Å². The summed E-state index contributed by atoms with van der Waals surface area (Å²) < 4.78 is 17.7. The molecular weight excluding hydrogens is 1800 g/mol. The first-order valence-electron chi connectivity index (χ1n) is 43.3. The number of aromatic nitrogens is 5. The molecule has 3 aromatic carbocycles. The standard InChI is InChI=1S/C57H78N8O17S2.C29H37N9O12/c1-7-53(78)24-31-25-56(51(76)81-6,44-33(14-18-64(26-31)29-53)32-12-9-10-13-36(32)59-44)35-22-34-38(23-40(35)80-5)63(4)48-55(34)16-19-65-17-11-15-54(8-2,47(55)65)49(74)57(48,79)50(75)61-62-52(77)82-20-21-83-84-28-37(46(72)73)60-45(71)41(58-30(3)67)43(70)42(69)39(68)27-66;1-12(8-19(42)43)33-26(47)20(23(45)22(44)17(40)11-39)36-18(41)7-6-16(28(49)50)35-25(46)13-2-4-14(5-3-13)31-9-15-10-32-24-21(34-15)27(48)38-29(30)37-24/h9-13,15,22-23,31,37,39,41-43,47-49,59,66,68-70,74,78-79H,7-8,14,16-21,24-29H2,1-6H3,(H,58,67)(H,60,71)(H,61,75)(H,62,77)(H,72,73);2-5,10,12,16-17,20,22-23,31,39-40,44-45H,6-9,11H2,1H3,(H,33,47)(H,35,46)(H,36,41)(H,42,43)(H,49,50)(H3,30,32,37,38,48)/t31-,37+,39-,41+,42-,43-,47+,48-,49-,53+,54-,55-,56+,57+;12-,16+,17-,20+,22-,23-/m11/s1. The minimum atomic E-state index is -2.65. The molecule has 1 saturated carbocycles. The topological polar surface area (TPSA) is 718 Å². The molecule has 2 bridgehead atoms. The summed E-state index contributed by atoms with van der Waals surface area (Å²) in [6, 6.07) is 7.94. The van der Waals surface area contributed by atoms with Crippen LogP contribution in [-0.4, -0.2) is 353 Å². The van der Waals surface area contributed by atoms with Crippen molar-refractivity contribution in [3.63, 3.8) is 0 Å². The van der Waals surface area contributed by atoms with Crippen LogP contribution in [0.1, 0.15) is 117 Å². The fraction of sp³-hybridized carbons (Fsp3) is 0.547. The molecule has 1 aliphatic carbocycles. The lowest BCUT2D eigenvalue weighted by Gasteiger charge is -2.63. The summed E-state index contributed by atoms with van der Waals surface area (Å²) in [6.45, 7) is 6.87. The van der Waals surface area contributed by atoms with E-state index >= 15 is 9.59 Å². The minimum absolute atomic E-state index is 0.00167. The Bertz CT molecular complexity index is 5430. The third-order valence-electron chi connectivity index (χ3n) is 25.8. The van der Waals surface area contributed by atoms with Crippen molar-refractivity contribution in [3.8, 4) is 5.75 Å². The number of ether oxygens (including phenoxy) is 3. The summed E-state index contributed by atoms with van der Waals surface area (Å²) in [4.78, 5) is 179. The Hall–Kier alpha value is -11.5. The molecule has 5 aliphatic heterocycles. The van der Waals surface area contributed by atoms with Crippen molar-refractivity contribution in [1.29, 1.82) is 0 Å². The van der Waals surface area contributed by atoms with Crippen LogP contribution in [-0.2, 0) is 76.4 Å². The molecule has 1 spiro atoms. The van der Waals surface area contributed by atoms with Gasteiger partial charge in [-0.1, -0.05) is 65.8 Å². The third kappa shape index (κ3) is 21.4. The number of amides is 7. The van der Waals surface area contributed by atoms with Gasteiger partial charge in [-0.05, 0) is 112 Å². The number of fused-ring (bicyclic) bond motifs is 7. The number of hydrazine groups is 1. The molecule has 6 aliphatic rings. The quantitative estimate of drug-likeness (QED) is 0.00577. The average molecular weight is 1920 g/mol. The molecule has 46 nitrogen and oxygen atoms in total. The van der Waals surface area contributed by atoms with Crippen LogP contribution in [0.25, 0.3) is 22.1 Å². The Labute approximate surface area is 773 Å². The summed E-state index contributed by atoms with van der Waals surface area (Å²) in [5.41, 5.74) is 7.29. The maximum Gasteiger partial charge on any atom is 0.426 e. The van der Waals surface area contributed by atoms with Crippen LogP contribution in [0.3, 0.4) is 0 Å². The fourth-order valence-electron chi connectivity index (χ4n) is 19.6. The smallest absolute Gasteiger partial charge is 0.426 e. The van der Waals surface area contributed by atoms with Gasteiger partial charge in [-0.25, -0.2) is 29.8 Å². The minimum Gasteiger partial charge on any atom is -0.496 e. The highest BCUT2D eigenvalue weighted by molar-refractivity contribution is 8.76. The number of hydrogen-bond donors (Lipinski definition) is 25. The van der Waals surface area contributed by atoms with Gasteiger partial charge < -0.3 is 133 Å². The Balaban J connectivity index is 0.000000295. The van der Waals surface area contributed by atoms with E-state index in [1.54, 1.807) is 11.9 Å². The van der Waals surface area contributed by atoms with Crippen LogP contribution in [0.5, 0.6) is 5.75 Å². The van der Waals surface area contributed by atoms with Crippen LogP contribution < -0.4 is 63.7 Å². The van der Waals surface area contributed by atoms with Crippen molar-refractivity contribution < 1.29 is 138 Å². The van der Waals surface area contributed by atoms with E-state index in [0.29, 0.717) is 92.5 Å². The van der Waals surface area contributed by atoms with Gasteiger partial charge in [0.05, 0.1) is 63.9 Å². The molecule has 3 fully saturated rings. The highest BCUT2D eigenvalue weighted by Gasteiger charge is 2.79. The third-order valence-corrected chi connectivity index (χ3v) is 28.2. The van der Waals surface area contributed by atoms with Gasteiger partial charge in [0.1, 0.15) is 84.7 Å². The number of aromatic amines is 2. The summed E-state index contributed by atoms with van der Waals surface area (Å²) in [5.74, 6) is -11.0. The molecule has 26 N–H and O–H groups in total. The van der Waals surface area contributed by atoms with Crippen LogP contribution in [0.15, 0.2) is 83.8 Å². The van der Waals surface area contributed by atoms with Gasteiger partial charge in [0.15, 0.2) is 16.8 Å². The molecule has 1 unspecified atom stereocenters. The molecule has 7 amide bonds. The van der Waals surface area contributed by atoms with E-state index in [0.717, 1.165) is 50.5 Å². The van der Waals surface area contributed by atoms with E-state index in [2.05, 4.69) is 77.5 Å². The van der Waals surface area contributed by atoms with Gasteiger partial charge in [-0.2, -0.15) is 4.98 Å². The average Bonchev–Trinajstić information content (AvgIpc) is 1.47. The summed E-state index contributed by atoms with van der Waals surface area (Å²) in [6.07, 6.45) is -9.12. The molecule has 6 aromatic rings. The second-order valence-corrected chi connectivity index (χ2v) is 37.0. The van der Waals surface area contributed by atoms with Gasteiger partial charge >= 0.3 is 30.0 Å². The molecule has 8 heterocycles. The molecular formula is C86H115N17O29S2. The Kier molecular flexibility index (Phi) is 33.4. The van der Waals surface area contributed by atoms with Crippen molar-refractivity contribution in [3.05, 3.63) is 123 Å². The molecule has 134 heavy (non-hydrogen) atoms. The molecule has 48 heteroatoms. The van der Waals surface area contributed by atoms with E-state index < -0.39 is 216 Å². The number of esters is 1. The molecule has 2 saturated heterocycles. The number of piperidine rings is 1. The maximum atomic E-state index is 15.5. The number of nitrogens with two attached hydrogens (primary N) is 1. The largest absolute Gasteiger partial charge is 0.496 e. The van der Waals surface area contributed by atoms with Crippen LogP contribution in [0.4, 0.5) is 22.1 Å². The first-order chi connectivity index (χ1) is 63.5. The van der Waals surface area contributed by atoms with Crippen LogP contribution >= 0.6 is 21.6 Å². The summed E-state index contributed by atoms with van der Waals surface area (Å²) in [5, 5.41) is 161. The van der Waals surface area contributed by atoms with E-state index in [4.69, 9.17) is 30.2 Å². The zero-order valence-corrected chi connectivity index (χ0v) is 75.9. The summed E-state index contributed by atoms with van der Waals surface area (Å²) >= 11 is 0. The number of benzene rings is 3. The number of nitrogen functional groups attached to an aromatic ring is 1. The normalized spacial score (nSPS) is 25.1. The zero-order chi connectivity index (χ0) is 98.0. The maximum absolute atomic E-state index is 15.5. The number of carbonyl (C=O) groups excluding carboxylic acids is 8. The van der Waals surface area contributed by atoms with Gasteiger partial charge in [-0.3, -0.25) is 63.4 Å². The number of aliphatic hydroxyl groups excluding tert-OH is 9. The number of H-pyrrole nitrogens is 2. The number of nitrogens with zero attached hydrogens (tertiary/aromatic N) is 6. The first kappa shape index (κ1) is 103. The summed E-state index contributed by atoms with van der Waals surface area (Å²) in [7, 11) is 6.65. The Morgan fingerprint density at radius 2 is 1.43 bits per heavy atom. The highest BCUT2D eigenvalue weighted by Crippen LogP contribution is 2.68. The lowest BCUT2D eigenvalue weighted by molar-refractivity contribution is -0.204. The number of likely N-dealkylation sites (N-methyl/N-ethyl adjacent to an activating group) is 1. The first-order valence-corrected chi connectivity index (χ1v) is 45.7. The number of anilines is 3. The number of para-hydroxylation sites is 1. The number of hydrogen-bond acceptors (Lipinski definition) is 36. The van der Waals surface area contributed by atoms with E-state index in [-0.39, 0.29) is 66.1 Å². The van der Waals surface area contributed by atoms with Gasteiger partial charge in [0.25, 0.3) is 17.4 Å². The number of carboxylic acid groups (broad SMARTS) is 3. The van der Waals surface area contributed by atoms with Crippen molar-refractivity contribution in [1.82, 2.24) is 72.2 Å². The SMILES string of the molecule is CC[C@]1(O)C[C@H]2CN(CCc3c([nH]c4ccccc34)[C@@](C(=O)OC)(c3cc4c(cc3OC)N(C)[C@H]3[C@@](O)(C(=O)NNC(=O)OCCSSC[C@H](NC(=O)[C@@H](NC(C)=O)[C@@H](O)[C@H](O)[C@H](O)CO)C(=O)O)[C@H](O)[C@]5(CC)C=CCN6CC[C@]43[C@@H]65)C2)C1.C[C@H](CC(=O)O)NC(=O)[C@@H](NC(=O)CC[C@H](NC(=O)c1ccc(NCc2cnc3nc(N)[nH]c(=O)c3n2)cc1)C(=O)O)[C@@H](O)[C@H](O)[C@H](O)CO. The molecule has 12 rings (SSSR count). The van der Waals surface area contributed by atoms with Gasteiger partial charge in [0.2, 0.25) is 29.6 Å². The zero-order valence-electron chi connectivity index (χ0n) is 74.3. The number of carbonyl (C=O) groups is 11. The second kappa shape index (κ2) is 43.5. The molecule has 730 valence electrons. The molecule has 0 radical (unpaired) electrons. The van der Waals surface area contributed by atoms with Crippen LogP contribution in [0.2, 0.25) is 0 Å². The molecule has 3 aromatic heterocycles. The predicted octanol–water partition coefficient (Wildman–Crippen LogP) is -4.06. The van der Waals surface area contributed by atoms with Gasteiger partial charge in [0, 0.05) is 126 Å². The van der Waals surface area contributed by atoms with E-state index in [1.165, 1.54) is 51.6 Å².